The highest BCUT2D eigenvalue weighted by Gasteiger charge is 2.44. The van der Waals surface area contributed by atoms with E-state index in [0.29, 0.717) is 67.0 Å². The molecule has 3 aliphatic rings. The number of alkyl halides is 2. The van der Waals surface area contributed by atoms with Crippen LogP contribution in [0.25, 0.3) is 5.65 Å². The fraction of sp³-hybridized carbons (Fsp3) is 0.538. The van der Waals surface area contributed by atoms with Gasteiger partial charge in [0, 0.05) is 43.6 Å². The van der Waals surface area contributed by atoms with Gasteiger partial charge >= 0.3 is 5.97 Å². The summed E-state index contributed by atoms with van der Waals surface area (Å²) in [7, 11) is -1.66. The lowest BCUT2D eigenvalue weighted by Crippen LogP contribution is -2.49. The number of fused-ring (bicyclic) bond motifs is 2. The molecule has 15 heteroatoms. The third-order valence-electron chi connectivity index (χ3n) is 11.3. The number of carbonyl (C=O) groups is 1. The van der Waals surface area contributed by atoms with E-state index >= 15 is 0 Å². The molecule has 3 aliphatic heterocycles. The first kappa shape index (κ1) is 38.2. The fourth-order valence-electron chi connectivity index (χ4n) is 7.97. The van der Waals surface area contributed by atoms with E-state index < -0.39 is 46.1 Å². The molecule has 0 aliphatic carbocycles. The Hall–Kier alpha value is -4.05. The molecule has 1 N–H and O–H groups in total. The lowest BCUT2D eigenvalue weighted by Gasteiger charge is -2.38. The highest BCUT2D eigenvalue weighted by molar-refractivity contribution is 7.82. The van der Waals surface area contributed by atoms with Gasteiger partial charge in [-0.25, -0.2) is 17.3 Å². The molecule has 0 saturated carbocycles. The molecule has 0 radical (unpaired) electrons. The lowest BCUT2D eigenvalue weighted by molar-refractivity contribution is -0.147. The largest absolute Gasteiger partial charge is 0.481 e. The van der Waals surface area contributed by atoms with Crippen LogP contribution in [0.3, 0.4) is 0 Å². The number of aliphatic carboxylic acids is 1. The van der Waals surface area contributed by atoms with Gasteiger partial charge in [0.25, 0.3) is 6.43 Å². The first-order chi connectivity index (χ1) is 25.8. The van der Waals surface area contributed by atoms with Gasteiger partial charge in [-0.3, -0.25) is 14.1 Å². The molecule has 2 saturated heterocycles. The summed E-state index contributed by atoms with van der Waals surface area (Å²) in [5.74, 6) is -1.41. The number of nitrogens with zero attached hydrogens (tertiary/aromatic N) is 6. The van der Waals surface area contributed by atoms with Gasteiger partial charge in [-0.2, -0.15) is 4.98 Å². The predicted molar refractivity (Wildman–Crippen MR) is 197 cm³/mol. The number of carboxylic acid groups (broad SMARTS) is 1. The van der Waals surface area contributed by atoms with Gasteiger partial charge < -0.3 is 19.3 Å². The smallest absolute Gasteiger partial charge is 0.310 e. The number of pyridine rings is 2. The van der Waals surface area contributed by atoms with Crippen LogP contribution in [0.15, 0.2) is 41.4 Å². The van der Waals surface area contributed by atoms with Gasteiger partial charge in [0.05, 0.1) is 25.2 Å². The fourth-order valence-corrected chi connectivity index (χ4v) is 9.37. The van der Waals surface area contributed by atoms with Crippen molar-refractivity contribution >= 4 is 22.6 Å². The molecule has 0 amide bonds. The second-order valence-corrected chi connectivity index (χ2v) is 16.8. The molecule has 12 nitrogen and oxygen atoms in total. The first-order valence-corrected chi connectivity index (χ1v) is 19.6. The molecule has 2 atom stereocenters. The van der Waals surface area contributed by atoms with Crippen molar-refractivity contribution in [2.24, 2.45) is 5.41 Å². The summed E-state index contributed by atoms with van der Waals surface area (Å²) in [6.45, 7) is 14.0. The summed E-state index contributed by atoms with van der Waals surface area (Å²) in [6.07, 6.45) is 2.24. The van der Waals surface area contributed by atoms with Crippen LogP contribution in [0.2, 0.25) is 0 Å². The molecular formula is C39H48F2N6O6S. The second kappa shape index (κ2) is 15.2. The van der Waals surface area contributed by atoms with E-state index in [4.69, 9.17) is 19.2 Å². The molecule has 2 fully saturated rings. The molecule has 6 heterocycles. The molecule has 290 valence electrons. The Labute approximate surface area is 316 Å². The summed E-state index contributed by atoms with van der Waals surface area (Å²) < 4.78 is 63.8. The number of aryl methyl sites for hydroxylation is 3. The third kappa shape index (κ3) is 7.35. The minimum Gasteiger partial charge on any atom is -0.481 e. The number of benzene rings is 1. The van der Waals surface area contributed by atoms with Crippen LogP contribution in [0.5, 0.6) is 11.8 Å². The van der Waals surface area contributed by atoms with Crippen LogP contribution in [0.1, 0.15) is 91.1 Å². The topological polar surface area (TPSA) is 132 Å². The van der Waals surface area contributed by atoms with E-state index in [-0.39, 0.29) is 12.2 Å². The van der Waals surface area contributed by atoms with Gasteiger partial charge in [0.2, 0.25) is 17.6 Å². The average Bonchev–Trinajstić information content (AvgIpc) is 3.81. The Kier molecular flexibility index (Phi) is 10.8. The van der Waals surface area contributed by atoms with Gasteiger partial charge in [0.15, 0.2) is 5.65 Å². The number of carboxylic acids is 1. The molecule has 54 heavy (non-hydrogen) atoms. The van der Waals surface area contributed by atoms with Gasteiger partial charge in [-0.15, -0.1) is 10.2 Å². The normalized spacial score (nSPS) is 19.9. The van der Waals surface area contributed by atoms with Crippen molar-refractivity contribution in [2.75, 3.05) is 46.0 Å². The van der Waals surface area contributed by atoms with E-state index in [1.54, 1.807) is 26.8 Å². The van der Waals surface area contributed by atoms with Crippen LogP contribution in [-0.2, 0) is 27.1 Å². The van der Waals surface area contributed by atoms with Gasteiger partial charge in [0.1, 0.15) is 28.1 Å². The van der Waals surface area contributed by atoms with Crippen LogP contribution < -0.4 is 9.47 Å². The van der Waals surface area contributed by atoms with E-state index in [2.05, 4.69) is 15.1 Å². The second-order valence-electron chi connectivity index (χ2n) is 15.3. The summed E-state index contributed by atoms with van der Waals surface area (Å²) in [5, 5.41) is 18.3. The number of halogens is 2. The van der Waals surface area contributed by atoms with Crippen LogP contribution in [0, 0.1) is 26.2 Å². The van der Waals surface area contributed by atoms with Crippen molar-refractivity contribution in [3.05, 3.63) is 75.7 Å². The number of ether oxygens (including phenoxy) is 3. The van der Waals surface area contributed by atoms with E-state index in [1.807, 2.05) is 42.4 Å². The minimum absolute atomic E-state index is 0.241. The van der Waals surface area contributed by atoms with Crippen LogP contribution >= 0.6 is 0 Å². The molecule has 4 aromatic rings. The Morgan fingerprint density at radius 3 is 2.52 bits per heavy atom. The van der Waals surface area contributed by atoms with Crippen molar-refractivity contribution < 1.29 is 37.1 Å². The average molecular weight is 767 g/mol. The van der Waals surface area contributed by atoms with Crippen LogP contribution in [-0.4, -0.2) is 95.7 Å². The quantitative estimate of drug-likeness (QED) is 0.189. The lowest BCUT2D eigenvalue weighted by atomic mass is 9.70. The van der Waals surface area contributed by atoms with E-state index in [0.717, 1.165) is 41.9 Å². The summed E-state index contributed by atoms with van der Waals surface area (Å²) >= 11 is 0. The van der Waals surface area contributed by atoms with Crippen molar-refractivity contribution in [2.45, 2.75) is 89.7 Å². The molecular weight excluding hydrogens is 719 g/mol. The number of aromatic nitrogens is 4. The zero-order valence-corrected chi connectivity index (χ0v) is 32.3. The third-order valence-corrected chi connectivity index (χ3v) is 12.7. The Morgan fingerprint density at radius 1 is 1.07 bits per heavy atom. The SMILES string of the molecule is Cc1ccc(C(c2ccn3c(C(F)F)nnc3c2C)C(C)(C)C(=O)O)cc1CN1CC2(CCOCC2)Oc2nc(OCCN3CCCC3)c(C)cc2S1=O. The maximum absolute atomic E-state index is 14.6. The van der Waals surface area contributed by atoms with Crippen molar-refractivity contribution in [3.63, 3.8) is 0 Å². The number of rotatable bonds is 11. The van der Waals surface area contributed by atoms with Crippen molar-refractivity contribution in [3.8, 4) is 11.8 Å². The molecule has 0 bridgehead atoms. The standard InChI is InChI=1S/C39H48F2N6O6S/c1-24-8-9-27(31(38(4,5)37(48)49)29-10-15-47-33(26(29)3)43-44-34(47)32(40)41)21-28(24)22-46-23-39(11-17-51-18-12-39)53-36-30(54(46)50)20-25(2)35(42-36)52-19-16-45-13-6-7-14-45/h8-10,15,20-21,31-32H,6-7,11-14,16-19,22-23H2,1-5H3,(H,48,49). The summed E-state index contributed by atoms with van der Waals surface area (Å²) in [4.78, 5) is 20.5. The maximum Gasteiger partial charge on any atom is 0.310 e. The zero-order chi connectivity index (χ0) is 38.4. The molecule has 1 aromatic carbocycles. The van der Waals surface area contributed by atoms with Crippen molar-refractivity contribution in [1.82, 2.24) is 28.8 Å². The van der Waals surface area contributed by atoms with Gasteiger partial charge in [-0.1, -0.05) is 18.2 Å². The van der Waals surface area contributed by atoms with Crippen molar-refractivity contribution in [1.29, 1.82) is 0 Å². The number of hydrogen-bond donors (Lipinski definition) is 1. The minimum atomic E-state index is -2.82. The first-order valence-electron chi connectivity index (χ1n) is 18.5. The van der Waals surface area contributed by atoms with Crippen LogP contribution in [0.4, 0.5) is 8.78 Å². The molecule has 2 unspecified atom stereocenters. The maximum atomic E-state index is 14.6. The number of hydrogen-bond acceptors (Lipinski definition) is 9. The van der Waals surface area contributed by atoms with Gasteiger partial charge in [-0.05, 0) is 100 Å². The Balaban J connectivity index is 1.24. The Morgan fingerprint density at radius 2 is 1.81 bits per heavy atom. The molecule has 7 rings (SSSR count). The summed E-state index contributed by atoms with van der Waals surface area (Å²) in [5.41, 5.74) is 2.72. The molecule has 1 spiro atoms. The monoisotopic (exact) mass is 766 g/mol. The highest BCUT2D eigenvalue weighted by Crippen LogP contribution is 2.44. The zero-order valence-electron chi connectivity index (χ0n) is 31.4. The molecule has 3 aromatic heterocycles. The Bertz CT molecular complexity index is 2060. The predicted octanol–water partition coefficient (Wildman–Crippen LogP) is 6.17. The number of likely N-dealkylation sites (tertiary alicyclic amines) is 1. The highest BCUT2D eigenvalue weighted by atomic mass is 32.2. The summed E-state index contributed by atoms with van der Waals surface area (Å²) in [6, 6.07) is 9.36. The van der Waals surface area contributed by atoms with E-state index in [1.165, 1.54) is 23.4 Å². The van der Waals surface area contributed by atoms with E-state index in [9.17, 15) is 22.9 Å².